The van der Waals surface area contributed by atoms with Crippen LogP contribution in [0.4, 0.5) is 26.3 Å². The molecule has 0 saturated carbocycles. The minimum Gasteiger partial charge on any atom is -0.654 e. The Balaban J connectivity index is 0. The minimum absolute atomic E-state index is 0.183. The van der Waals surface area contributed by atoms with Crippen LogP contribution in [0.1, 0.15) is 59.3 Å². The summed E-state index contributed by atoms with van der Waals surface area (Å²) >= 11 is 0. The van der Waals surface area contributed by atoms with Crippen molar-refractivity contribution in [2.45, 2.75) is 83.2 Å². The van der Waals surface area contributed by atoms with Gasteiger partial charge in [0.15, 0.2) is 0 Å². The molecule has 0 aliphatic rings. The number of phosphoric acid groups is 1. The fourth-order valence-corrected chi connectivity index (χ4v) is 2.39. The van der Waals surface area contributed by atoms with Crippen molar-refractivity contribution in [1.29, 1.82) is 0 Å². The molecular formula is C13H25F6NO4P-. The van der Waals surface area contributed by atoms with Crippen molar-refractivity contribution >= 4 is 7.82 Å². The molecule has 0 fully saturated rings. The normalized spacial score (nSPS) is 13.6. The van der Waals surface area contributed by atoms with Gasteiger partial charge in [-0.2, -0.15) is 26.3 Å². The van der Waals surface area contributed by atoms with Crippen LogP contribution in [-0.2, 0) is 4.57 Å². The van der Waals surface area contributed by atoms with Crippen molar-refractivity contribution in [3.05, 3.63) is 5.32 Å². The van der Waals surface area contributed by atoms with Crippen LogP contribution in [0.15, 0.2) is 0 Å². The average Bonchev–Trinajstić information content (AvgIpc) is 2.19. The standard InChI is InChI=1S/C13H22F6N.H3O4P/c1-4-5-6-7-11(20-10(2)3,8-12(14,15)16)9-13(17,18)19;1-5(2,3)4/h10H,4-9H2,1-3H3;(H3,1,2,3,4)/q-1;. The van der Waals surface area contributed by atoms with Crippen LogP contribution >= 0.6 is 7.82 Å². The van der Waals surface area contributed by atoms with E-state index in [-0.39, 0.29) is 6.42 Å². The third-order valence-electron chi connectivity index (χ3n) is 2.84. The molecule has 5 nitrogen and oxygen atoms in total. The van der Waals surface area contributed by atoms with E-state index in [2.05, 4.69) is 5.32 Å². The Morgan fingerprint density at radius 2 is 1.28 bits per heavy atom. The molecule has 0 radical (unpaired) electrons. The molecule has 0 aliphatic carbocycles. The van der Waals surface area contributed by atoms with E-state index < -0.39 is 44.6 Å². The van der Waals surface area contributed by atoms with Gasteiger partial charge in [-0.3, -0.25) is 0 Å². The number of rotatable bonds is 8. The first kappa shape index (κ1) is 26.9. The van der Waals surface area contributed by atoms with E-state index in [1.165, 1.54) is 13.8 Å². The summed E-state index contributed by atoms with van der Waals surface area (Å²) in [5, 5.41) is 3.81. The quantitative estimate of drug-likeness (QED) is 0.299. The van der Waals surface area contributed by atoms with Gasteiger partial charge in [0, 0.05) is 12.8 Å². The summed E-state index contributed by atoms with van der Waals surface area (Å²) in [6, 6.07) is -0.568. The Hall–Kier alpha value is -0.350. The van der Waals surface area contributed by atoms with E-state index in [0.29, 0.717) is 12.8 Å². The molecule has 25 heavy (non-hydrogen) atoms. The molecule has 0 aromatic heterocycles. The summed E-state index contributed by atoms with van der Waals surface area (Å²) in [6.45, 7) is 4.84. The molecule has 0 aromatic rings. The van der Waals surface area contributed by atoms with Gasteiger partial charge in [0.2, 0.25) is 0 Å². The van der Waals surface area contributed by atoms with Gasteiger partial charge in [0.25, 0.3) is 0 Å². The molecule has 0 aromatic carbocycles. The van der Waals surface area contributed by atoms with Gasteiger partial charge >= 0.3 is 20.2 Å². The van der Waals surface area contributed by atoms with Gasteiger partial charge in [-0.1, -0.05) is 46.5 Å². The Morgan fingerprint density at radius 1 is 0.920 bits per heavy atom. The molecule has 0 bridgehead atoms. The van der Waals surface area contributed by atoms with E-state index in [1.807, 2.05) is 6.92 Å². The second kappa shape index (κ2) is 10.7. The van der Waals surface area contributed by atoms with Crippen molar-refractivity contribution in [3.63, 3.8) is 0 Å². The van der Waals surface area contributed by atoms with E-state index >= 15 is 0 Å². The highest BCUT2D eigenvalue weighted by atomic mass is 31.2. The number of unbranched alkanes of at least 4 members (excludes halogenated alkanes) is 2. The van der Waals surface area contributed by atoms with E-state index in [0.717, 1.165) is 6.42 Å². The van der Waals surface area contributed by atoms with Gasteiger partial charge in [-0.05, 0) is 0 Å². The minimum atomic E-state index is -4.66. The second-order valence-electron chi connectivity index (χ2n) is 6.00. The second-order valence-corrected chi connectivity index (χ2v) is 7.03. The van der Waals surface area contributed by atoms with E-state index in [4.69, 9.17) is 19.2 Å². The predicted molar refractivity (Wildman–Crippen MR) is 81.0 cm³/mol. The first-order valence-corrected chi connectivity index (χ1v) is 9.09. The predicted octanol–water partition coefficient (Wildman–Crippen LogP) is 5.06. The molecule has 3 N–H and O–H groups in total. The summed E-state index contributed by atoms with van der Waals surface area (Å²) in [4.78, 5) is 21.6. The Kier molecular flexibility index (Phi) is 11.5. The zero-order valence-electron chi connectivity index (χ0n) is 14.2. The number of nitrogens with zero attached hydrogens (tertiary/aromatic N) is 1. The number of alkyl halides is 6. The third kappa shape index (κ3) is 21.6. The summed E-state index contributed by atoms with van der Waals surface area (Å²) in [5.41, 5.74) is -2.08. The van der Waals surface area contributed by atoms with Gasteiger partial charge in [-0.15, -0.1) is 11.6 Å². The van der Waals surface area contributed by atoms with Crippen LogP contribution in [0.25, 0.3) is 5.32 Å². The monoisotopic (exact) mass is 404 g/mol. The lowest BCUT2D eigenvalue weighted by molar-refractivity contribution is -0.174. The van der Waals surface area contributed by atoms with Gasteiger partial charge in [0.05, 0.1) is 0 Å². The molecule has 0 saturated heterocycles. The number of hydrogen-bond donors (Lipinski definition) is 3. The topological polar surface area (TPSA) is 91.9 Å². The van der Waals surface area contributed by atoms with Crippen LogP contribution in [0, 0.1) is 0 Å². The molecule has 154 valence electrons. The average molecular weight is 404 g/mol. The maximum Gasteiger partial charge on any atom is 0.466 e. The lowest BCUT2D eigenvalue weighted by Crippen LogP contribution is -2.40. The molecule has 12 heteroatoms. The fourth-order valence-electron chi connectivity index (χ4n) is 2.39. The van der Waals surface area contributed by atoms with Crippen LogP contribution in [0.2, 0.25) is 0 Å². The zero-order valence-corrected chi connectivity index (χ0v) is 15.1. The smallest absolute Gasteiger partial charge is 0.466 e. The van der Waals surface area contributed by atoms with Crippen LogP contribution in [0.5, 0.6) is 0 Å². The molecule has 0 aliphatic heterocycles. The van der Waals surface area contributed by atoms with Crippen molar-refractivity contribution in [3.8, 4) is 0 Å². The summed E-state index contributed by atoms with van der Waals surface area (Å²) in [7, 11) is -4.64. The van der Waals surface area contributed by atoms with Crippen LogP contribution in [0.3, 0.4) is 0 Å². The largest absolute Gasteiger partial charge is 0.654 e. The fraction of sp³-hybridized carbons (Fsp3) is 1.00. The highest BCUT2D eigenvalue weighted by Gasteiger charge is 2.43. The first-order chi connectivity index (χ1) is 10.9. The summed E-state index contributed by atoms with van der Waals surface area (Å²) in [6.07, 6.45) is -10.9. The molecule has 0 heterocycles. The molecule has 0 atom stereocenters. The molecule has 0 unspecified atom stereocenters. The first-order valence-electron chi connectivity index (χ1n) is 7.53. The van der Waals surface area contributed by atoms with Crippen molar-refractivity contribution in [1.82, 2.24) is 0 Å². The Labute approximate surface area is 143 Å². The highest BCUT2D eigenvalue weighted by molar-refractivity contribution is 7.45. The summed E-state index contributed by atoms with van der Waals surface area (Å²) in [5.74, 6) is 0. The summed E-state index contributed by atoms with van der Waals surface area (Å²) < 4.78 is 84.8. The van der Waals surface area contributed by atoms with Crippen molar-refractivity contribution in [2.75, 3.05) is 0 Å². The molecule has 0 spiro atoms. The van der Waals surface area contributed by atoms with Crippen molar-refractivity contribution in [2.24, 2.45) is 0 Å². The van der Waals surface area contributed by atoms with E-state index in [1.54, 1.807) is 0 Å². The van der Waals surface area contributed by atoms with Crippen molar-refractivity contribution < 1.29 is 45.6 Å². The molecule has 0 rings (SSSR count). The van der Waals surface area contributed by atoms with Gasteiger partial charge in [0.1, 0.15) is 0 Å². The maximum atomic E-state index is 12.7. The number of hydrogen-bond acceptors (Lipinski definition) is 1. The SMILES string of the molecule is CCCCCC(CC(F)(F)F)(CC(F)(F)F)[N-]C(C)C.O=P(O)(O)O. The van der Waals surface area contributed by atoms with Gasteiger partial charge in [-0.25, -0.2) is 4.57 Å². The lowest BCUT2D eigenvalue weighted by Gasteiger charge is -2.50. The van der Waals surface area contributed by atoms with Crippen LogP contribution < -0.4 is 0 Å². The Morgan fingerprint density at radius 3 is 1.52 bits per heavy atom. The zero-order chi connectivity index (χ0) is 20.5. The van der Waals surface area contributed by atoms with Crippen LogP contribution in [-0.4, -0.2) is 38.6 Å². The van der Waals surface area contributed by atoms with Gasteiger partial charge < -0.3 is 20.0 Å². The third-order valence-corrected chi connectivity index (χ3v) is 2.84. The highest BCUT2D eigenvalue weighted by Crippen LogP contribution is 2.44. The number of halogens is 6. The maximum absolute atomic E-state index is 12.7. The lowest BCUT2D eigenvalue weighted by atomic mass is 9.84. The van der Waals surface area contributed by atoms with E-state index in [9.17, 15) is 26.3 Å². The molecule has 0 amide bonds. The molecular weight excluding hydrogens is 379 g/mol. The Bertz CT molecular complexity index is 384.